The molecule has 3 aromatic rings. The predicted molar refractivity (Wildman–Crippen MR) is 202 cm³/mol. The number of hydrogen-bond acceptors (Lipinski definition) is 9. The third-order valence-corrected chi connectivity index (χ3v) is 9.11. The average Bonchev–Trinajstić information content (AvgIpc) is 3.46. The first kappa shape index (κ1) is 38.7. The topological polar surface area (TPSA) is 146 Å². The van der Waals surface area contributed by atoms with E-state index in [-0.39, 0.29) is 40.2 Å². The van der Waals surface area contributed by atoms with Crippen molar-refractivity contribution in [2.45, 2.75) is 66.2 Å². The molecule has 0 aliphatic carbocycles. The van der Waals surface area contributed by atoms with Gasteiger partial charge >= 0.3 is 5.97 Å². The molecule has 266 valence electrons. The lowest BCUT2D eigenvalue weighted by atomic mass is 9.97. The van der Waals surface area contributed by atoms with Gasteiger partial charge in [-0.05, 0) is 79.3 Å². The number of anilines is 1. The minimum absolute atomic E-state index is 0.0263. The second-order valence-electron chi connectivity index (χ2n) is 12.5. The van der Waals surface area contributed by atoms with Gasteiger partial charge in [0.2, 0.25) is 0 Å². The molecule has 1 unspecified atom stereocenters. The summed E-state index contributed by atoms with van der Waals surface area (Å²) < 4.78 is 5.60. The van der Waals surface area contributed by atoms with Gasteiger partial charge < -0.3 is 14.5 Å². The van der Waals surface area contributed by atoms with Crippen LogP contribution in [0.25, 0.3) is 16.7 Å². The quantitative estimate of drug-likeness (QED) is 0.0776. The molecule has 0 fully saturated rings. The SMILES string of the molecule is CCCCC(CC)C(=O)OCCN(CC)c1ccc(N=Nc2ccc(-c3ccc(C4=C(C#N)C(=C(C#N)C#N)N(CCCC)C4=O)cc3)cc2)cc1. The average molecular weight is 696 g/mol. The molecule has 1 heterocycles. The summed E-state index contributed by atoms with van der Waals surface area (Å²) in [5.41, 5.74) is 4.86. The number of hydrogen-bond donors (Lipinski definition) is 0. The summed E-state index contributed by atoms with van der Waals surface area (Å²) >= 11 is 0. The number of nitrogens with zero attached hydrogens (tertiary/aromatic N) is 7. The molecule has 0 spiro atoms. The third kappa shape index (κ3) is 9.38. The number of benzene rings is 3. The predicted octanol–water partition coefficient (Wildman–Crippen LogP) is 9.58. The summed E-state index contributed by atoms with van der Waals surface area (Å²) in [6, 6.07) is 28.5. The Hall–Kier alpha value is -6.05. The normalized spacial score (nSPS) is 13.1. The summed E-state index contributed by atoms with van der Waals surface area (Å²) in [5.74, 6) is -0.514. The third-order valence-electron chi connectivity index (χ3n) is 9.11. The Bertz CT molecular complexity index is 1910. The maximum Gasteiger partial charge on any atom is 0.308 e. The number of carbonyl (C=O) groups excluding carboxylic acids is 2. The number of ether oxygens (including phenoxy) is 1. The van der Waals surface area contributed by atoms with Crippen molar-refractivity contribution in [1.29, 1.82) is 15.8 Å². The largest absolute Gasteiger partial charge is 0.464 e. The van der Waals surface area contributed by atoms with Crippen molar-refractivity contribution in [3.8, 4) is 29.3 Å². The van der Waals surface area contributed by atoms with Crippen LogP contribution in [0.2, 0.25) is 0 Å². The number of allylic oxidation sites excluding steroid dienone is 2. The van der Waals surface area contributed by atoms with Crippen molar-refractivity contribution >= 4 is 34.5 Å². The summed E-state index contributed by atoms with van der Waals surface area (Å²) in [6.07, 6.45) is 5.26. The zero-order valence-corrected chi connectivity index (χ0v) is 30.4. The van der Waals surface area contributed by atoms with Crippen molar-refractivity contribution < 1.29 is 14.3 Å². The minimum atomic E-state index is -0.385. The van der Waals surface area contributed by atoms with E-state index in [1.54, 1.807) is 12.1 Å². The zero-order chi connectivity index (χ0) is 37.5. The molecule has 0 N–H and O–H groups in total. The molecule has 0 saturated heterocycles. The van der Waals surface area contributed by atoms with Crippen LogP contribution in [0.5, 0.6) is 0 Å². The lowest BCUT2D eigenvalue weighted by Gasteiger charge is -2.23. The van der Waals surface area contributed by atoms with Gasteiger partial charge in [-0.3, -0.25) is 9.59 Å². The highest BCUT2D eigenvalue weighted by molar-refractivity contribution is 6.26. The Labute approximate surface area is 306 Å². The first-order chi connectivity index (χ1) is 25.3. The van der Waals surface area contributed by atoms with E-state index in [0.717, 1.165) is 55.5 Å². The van der Waals surface area contributed by atoms with Crippen LogP contribution in [0.15, 0.2) is 99.9 Å². The number of azo groups is 1. The fourth-order valence-corrected chi connectivity index (χ4v) is 6.07. The number of carbonyl (C=O) groups is 2. The van der Waals surface area contributed by atoms with E-state index in [4.69, 9.17) is 4.74 Å². The molecule has 3 aromatic carbocycles. The second-order valence-corrected chi connectivity index (χ2v) is 12.5. The van der Waals surface area contributed by atoms with Crippen LogP contribution >= 0.6 is 0 Å². The molecular formula is C42H45N7O3. The first-order valence-corrected chi connectivity index (χ1v) is 18.0. The maximum atomic E-state index is 13.5. The molecule has 1 atom stereocenters. The van der Waals surface area contributed by atoms with Gasteiger partial charge in [0, 0.05) is 18.8 Å². The Balaban J connectivity index is 1.40. The molecule has 0 saturated carbocycles. The van der Waals surface area contributed by atoms with Gasteiger partial charge in [-0.2, -0.15) is 26.0 Å². The van der Waals surface area contributed by atoms with E-state index in [0.29, 0.717) is 43.1 Å². The fraction of sp³-hybridized carbons (Fsp3) is 0.357. The van der Waals surface area contributed by atoms with E-state index >= 15 is 0 Å². The monoisotopic (exact) mass is 695 g/mol. The maximum absolute atomic E-state index is 13.5. The van der Waals surface area contributed by atoms with Gasteiger partial charge in [0.25, 0.3) is 5.91 Å². The van der Waals surface area contributed by atoms with Crippen LogP contribution in [-0.4, -0.2) is 43.0 Å². The number of amides is 1. The molecule has 0 aromatic heterocycles. The number of nitriles is 3. The highest BCUT2D eigenvalue weighted by Gasteiger charge is 2.38. The lowest BCUT2D eigenvalue weighted by Crippen LogP contribution is -2.29. The first-order valence-electron chi connectivity index (χ1n) is 18.0. The molecule has 1 aliphatic rings. The van der Waals surface area contributed by atoms with Crippen LogP contribution in [-0.2, 0) is 14.3 Å². The minimum Gasteiger partial charge on any atom is -0.464 e. The van der Waals surface area contributed by atoms with Gasteiger partial charge in [0.05, 0.1) is 40.7 Å². The van der Waals surface area contributed by atoms with E-state index in [9.17, 15) is 25.4 Å². The summed E-state index contributed by atoms with van der Waals surface area (Å²) in [7, 11) is 0. The fourth-order valence-electron chi connectivity index (χ4n) is 6.07. The number of likely N-dealkylation sites (N-methyl/N-ethyl adjacent to an activating group) is 1. The van der Waals surface area contributed by atoms with Crippen LogP contribution in [0, 0.1) is 39.9 Å². The molecule has 4 rings (SSSR count). The highest BCUT2D eigenvalue weighted by atomic mass is 16.5. The van der Waals surface area contributed by atoms with Gasteiger partial charge in [-0.15, -0.1) is 0 Å². The molecule has 0 bridgehead atoms. The van der Waals surface area contributed by atoms with Crippen molar-refractivity contribution in [1.82, 2.24) is 4.90 Å². The van der Waals surface area contributed by atoms with Crippen LogP contribution in [0.3, 0.4) is 0 Å². The van der Waals surface area contributed by atoms with Gasteiger partial charge in [0.15, 0.2) is 5.57 Å². The van der Waals surface area contributed by atoms with Crippen LogP contribution in [0.1, 0.15) is 71.8 Å². The van der Waals surface area contributed by atoms with E-state index in [2.05, 4.69) is 35.0 Å². The summed E-state index contributed by atoms with van der Waals surface area (Å²) in [6.45, 7) is 10.3. The van der Waals surface area contributed by atoms with Crippen molar-refractivity contribution in [3.05, 3.63) is 95.2 Å². The smallest absolute Gasteiger partial charge is 0.308 e. The Morgan fingerprint density at radius 3 is 1.88 bits per heavy atom. The summed E-state index contributed by atoms with van der Waals surface area (Å²) in [5, 5.41) is 37.9. The highest BCUT2D eigenvalue weighted by Crippen LogP contribution is 2.38. The Morgan fingerprint density at radius 2 is 1.37 bits per heavy atom. The molecule has 52 heavy (non-hydrogen) atoms. The Kier molecular flexibility index (Phi) is 14.4. The van der Waals surface area contributed by atoms with E-state index in [1.165, 1.54) is 4.90 Å². The lowest BCUT2D eigenvalue weighted by molar-refractivity contribution is -0.148. The molecule has 10 heteroatoms. The Morgan fingerprint density at radius 1 is 0.808 bits per heavy atom. The molecule has 1 amide bonds. The second kappa shape index (κ2) is 19.4. The van der Waals surface area contributed by atoms with Gasteiger partial charge in [0.1, 0.15) is 24.8 Å². The molecule has 10 nitrogen and oxygen atoms in total. The van der Waals surface area contributed by atoms with Crippen molar-refractivity contribution in [3.63, 3.8) is 0 Å². The number of esters is 1. The molecule has 1 aliphatic heterocycles. The van der Waals surface area contributed by atoms with E-state index < -0.39 is 0 Å². The van der Waals surface area contributed by atoms with E-state index in [1.807, 2.05) is 86.6 Å². The van der Waals surface area contributed by atoms with Crippen LogP contribution < -0.4 is 4.90 Å². The van der Waals surface area contributed by atoms with Crippen LogP contribution in [0.4, 0.5) is 17.1 Å². The van der Waals surface area contributed by atoms with Gasteiger partial charge in [-0.1, -0.05) is 76.4 Å². The molecule has 0 radical (unpaired) electrons. The number of unbranched alkanes of at least 4 members (excludes halogenated alkanes) is 2. The standard InChI is InChI=1S/C42H45N7O3/c1-5-9-11-30(7-3)42(51)52-26-25-48(8-4)37-22-20-36(21-23-37)47-46-35-18-16-32(17-19-35)31-12-14-33(15-13-31)39-38(29-45)40(34(27-43)28-44)49(41(39)50)24-10-6-2/h12-23,30H,5-11,24-26H2,1-4H3. The van der Waals surface area contributed by atoms with Crippen molar-refractivity contribution in [2.24, 2.45) is 16.1 Å². The van der Waals surface area contributed by atoms with Crippen molar-refractivity contribution in [2.75, 3.05) is 31.1 Å². The molecular weight excluding hydrogens is 651 g/mol. The zero-order valence-electron chi connectivity index (χ0n) is 30.4. The number of rotatable bonds is 17. The van der Waals surface area contributed by atoms with Gasteiger partial charge in [-0.25, -0.2) is 0 Å². The summed E-state index contributed by atoms with van der Waals surface area (Å²) in [4.78, 5) is 29.5.